The highest BCUT2D eigenvalue weighted by molar-refractivity contribution is 6.38. The zero-order valence-electron chi connectivity index (χ0n) is 14.2. The van der Waals surface area contributed by atoms with E-state index >= 15 is 0 Å². The Hall–Kier alpha value is -2.34. The lowest BCUT2D eigenvalue weighted by Crippen LogP contribution is -2.59. The van der Waals surface area contributed by atoms with Gasteiger partial charge in [0, 0.05) is 10.6 Å². The van der Waals surface area contributed by atoms with Crippen molar-refractivity contribution in [1.82, 2.24) is 0 Å². The van der Waals surface area contributed by atoms with Crippen molar-refractivity contribution in [3.05, 3.63) is 34.3 Å². The summed E-state index contributed by atoms with van der Waals surface area (Å²) in [5, 5.41) is 9.38. The first-order valence-electron chi connectivity index (χ1n) is 7.54. The molecule has 25 heavy (non-hydrogen) atoms. The molecule has 0 radical (unpaired) electrons. The lowest BCUT2D eigenvalue weighted by atomic mass is 9.57. The maximum atomic E-state index is 12.9. The van der Waals surface area contributed by atoms with Crippen LogP contribution in [0.4, 0.5) is 0 Å². The van der Waals surface area contributed by atoms with Gasteiger partial charge in [-0.2, -0.15) is 0 Å². The molecule has 1 aromatic carbocycles. The summed E-state index contributed by atoms with van der Waals surface area (Å²) in [4.78, 5) is 62.1. The van der Waals surface area contributed by atoms with E-state index in [9.17, 15) is 29.1 Å². The van der Waals surface area contributed by atoms with Crippen LogP contribution in [0.15, 0.2) is 18.2 Å². The summed E-state index contributed by atoms with van der Waals surface area (Å²) in [5.74, 6) is -6.26. The van der Waals surface area contributed by atoms with Crippen LogP contribution in [0.5, 0.6) is 0 Å². The van der Waals surface area contributed by atoms with Gasteiger partial charge < -0.3 is 5.11 Å². The van der Waals surface area contributed by atoms with Crippen molar-refractivity contribution < 1.29 is 29.1 Å². The van der Waals surface area contributed by atoms with E-state index in [-0.39, 0.29) is 10.6 Å². The standard InChI is InChI=1S/C18H17ClO6/c1-17(2)13(21)11(14(22)18(3,4)16(17)25)12(20)9-6-5-8(19)7-10(9)15(23)24/h5-7,11H,1-4H3,(H,23,24). The Morgan fingerprint density at radius 2 is 1.44 bits per heavy atom. The van der Waals surface area contributed by atoms with Crippen molar-refractivity contribution in [2.75, 3.05) is 0 Å². The SMILES string of the molecule is CC1(C)C(=O)C(C(=O)c2ccc(Cl)cc2C(=O)O)C(=O)C(C)(C)C1=O. The van der Waals surface area contributed by atoms with Gasteiger partial charge in [0.25, 0.3) is 0 Å². The summed E-state index contributed by atoms with van der Waals surface area (Å²) in [5.41, 5.74) is -3.73. The maximum absolute atomic E-state index is 12.9. The lowest BCUT2D eigenvalue weighted by molar-refractivity contribution is -0.158. The van der Waals surface area contributed by atoms with Crippen LogP contribution in [0.25, 0.3) is 0 Å². The van der Waals surface area contributed by atoms with E-state index in [0.717, 1.165) is 6.07 Å². The molecule has 7 heteroatoms. The number of rotatable bonds is 3. The molecule has 1 N–H and O–H groups in total. The Morgan fingerprint density at radius 1 is 0.960 bits per heavy atom. The third kappa shape index (κ3) is 2.80. The average Bonchev–Trinajstić information content (AvgIpc) is 2.52. The van der Waals surface area contributed by atoms with Crippen molar-refractivity contribution in [2.24, 2.45) is 16.7 Å². The Bertz CT molecular complexity index is 804. The molecule has 0 aliphatic heterocycles. The molecule has 0 bridgehead atoms. The molecular formula is C18H17ClO6. The van der Waals surface area contributed by atoms with Gasteiger partial charge in [-0.05, 0) is 45.9 Å². The van der Waals surface area contributed by atoms with Crippen LogP contribution in [0, 0.1) is 16.7 Å². The summed E-state index contributed by atoms with van der Waals surface area (Å²) < 4.78 is 0. The van der Waals surface area contributed by atoms with E-state index in [4.69, 9.17) is 11.6 Å². The van der Waals surface area contributed by atoms with Gasteiger partial charge in [0.1, 0.15) is 5.92 Å². The minimum atomic E-state index is -1.72. The number of halogens is 1. The fraction of sp³-hybridized carbons (Fsp3) is 0.389. The van der Waals surface area contributed by atoms with Crippen molar-refractivity contribution in [1.29, 1.82) is 0 Å². The molecule has 6 nitrogen and oxygen atoms in total. The number of aromatic carboxylic acids is 1. The van der Waals surface area contributed by atoms with Crippen molar-refractivity contribution >= 4 is 40.7 Å². The molecule has 1 fully saturated rings. The number of Topliss-reactive ketones (excluding diaryl/α,β-unsaturated/α-hetero) is 4. The number of benzene rings is 1. The zero-order chi connectivity index (χ0) is 19.3. The molecule has 1 aromatic rings. The molecule has 2 rings (SSSR count). The fourth-order valence-electron chi connectivity index (χ4n) is 3.15. The summed E-state index contributed by atoms with van der Waals surface area (Å²) in [6.45, 7) is 5.47. The molecule has 0 aromatic heterocycles. The highest BCUT2D eigenvalue weighted by Gasteiger charge is 2.60. The molecule has 0 heterocycles. The molecular weight excluding hydrogens is 348 g/mol. The fourth-order valence-corrected chi connectivity index (χ4v) is 3.32. The van der Waals surface area contributed by atoms with Crippen molar-refractivity contribution in [3.8, 4) is 0 Å². The van der Waals surface area contributed by atoms with Crippen molar-refractivity contribution in [3.63, 3.8) is 0 Å². The Morgan fingerprint density at radius 3 is 1.88 bits per heavy atom. The number of ketones is 4. The molecule has 0 spiro atoms. The normalized spacial score (nSPS) is 19.8. The molecule has 1 aliphatic carbocycles. The monoisotopic (exact) mass is 364 g/mol. The number of hydrogen-bond acceptors (Lipinski definition) is 5. The first-order valence-corrected chi connectivity index (χ1v) is 7.92. The quantitative estimate of drug-likeness (QED) is 0.652. The third-order valence-electron chi connectivity index (χ3n) is 4.63. The van der Waals surface area contributed by atoms with E-state index in [2.05, 4.69) is 0 Å². The van der Waals surface area contributed by atoms with Crippen LogP contribution in [-0.4, -0.2) is 34.2 Å². The highest BCUT2D eigenvalue weighted by Crippen LogP contribution is 2.42. The van der Waals surface area contributed by atoms with E-state index in [0.29, 0.717) is 0 Å². The first-order chi connectivity index (χ1) is 11.3. The molecule has 0 saturated heterocycles. The average molecular weight is 365 g/mol. The van der Waals surface area contributed by atoms with Crippen LogP contribution in [0.3, 0.4) is 0 Å². The topological polar surface area (TPSA) is 106 Å². The predicted molar refractivity (Wildman–Crippen MR) is 88.8 cm³/mol. The molecule has 1 saturated carbocycles. The summed E-state index contributed by atoms with van der Waals surface area (Å²) in [7, 11) is 0. The number of carboxylic acid groups (broad SMARTS) is 1. The Kier molecular flexibility index (Phi) is 4.46. The number of carbonyl (C=O) groups is 5. The minimum absolute atomic E-state index is 0.103. The molecule has 0 amide bonds. The van der Waals surface area contributed by atoms with Gasteiger partial charge in [-0.3, -0.25) is 19.2 Å². The van der Waals surface area contributed by atoms with E-state index in [1.165, 1.54) is 39.8 Å². The van der Waals surface area contributed by atoms with Gasteiger partial charge in [0.05, 0.1) is 16.4 Å². The second-order valence-corrected chi connectivity index (χ2v) is 7.54. The van der Waals surface area contributed by atoms with Gasteiger partial charge in [0.2, 0.25) is 0 Å². The van der Waals surface area contributed by atoms with Crippen LogP contribution in [0.1, 0.15) is 48.4 Å². The Labute approximate surface area is 149 Å². The van der Waals surface area contributed by atoms with Gasteiger partial charge in [-0.1, -0.05) is 11.6 Å². The second kappa shape index (κ2) is 5.88. The summed E-state index contributed by atoms with van der Waals surface area (Å²) in [6, 6.07) is 3.56. The highest BCUT2D eigenvalue weighted by atomic mass is 35.5. The minimum Gasteiger partial charge on any atom is -0.478 e. The Balaban J connectivity index is 2.63. The number of hydrogen-bond donors (Lipinski definition) is 1. The van der Waals surface area contributed by atoms with Crippen LogP contribution >= 0.6 is 11.6 Å². The van der Waals surface area contributed by atoms with Crippen LogP contribution in [-0.2, 0) is 14.4 Å². The van der Waals surface area contributed by atoms with Gasteiger partial charge in [-0.15, -0.1) is 0 Å². The van der Waals surface area contributed by atoms with E-state index in [1.54, 1.807) is 0 Å². The molecule has 1 aliphatic rings. The largest absolute Gasteiger partial charge is 0.478 e. The molecule has 0 atom stereocenters. The van der Waals surface area contributed by atoms with Crippen molar-refractivity contribution in [2.45, 2.75) is 27.7 Å². The van der Waals surface area contributed by atoms with Crippen LogP contribution in [0.2, 0.25) is 5.02 Å². The van der Waals surface area contributed by atoms with E-state index in [1.807, 2.05) is 0 Å². The van der Waals surface area contributed by atoms with Crippen LogP contribution < -0.4 is 0 Å². The molecule has 132 valence electrons. The zero-order valence-corrected chi connectivity index (χ0v) is 14.9. The number of carbonyl (C=O) groups excluding carboxylic acids is 4. The lowest BCUT2D eigenvalue weighted by Gasteiger charge is -2.40. The maximum Gasteiger partial charge on any atom is 0.336 e. The summed E-state index contributed by atoms with van der Waals surface area (Å²) >= 11 is 5.77. The second-order valence-electron chi connectivity index (χ2n) is 7.10. The van der Waals surface area contributed by atoms with Gasteiger partial charge >= 0.3 is 5.97 Å². The predicted octanol–water partition coefficient (Wildman–Crippen LogP) is 2.61. The smallest absolute Gasteiger partial charge is 0.336 e. The molecule has 0 unspecified atom stereocenters. The summed E-state index contributed by atoms with van der Waals surface area (Å²) in [6.07, 6.45) is 0. The van der Waals surface area contributed by atoms with E-state index < -0.39 is 51.4 Å². The number of carboxylic acids is 1. The van der Waals surface area contributed by atoms with Gasteiger partial charge in [-0.25, -0.2) is 4.79 Å². The van der Waals surface area contributed by atoms with Gasteiger partial charge in [0.15, 0.2) is 23.1 Å². The first kappa shape index (κ1) is 19.0. The third-order valence-corrected chi connectivity index (χ3v) is 4.87.